The predicted molar refractivity (Wildman–Crippen MR) is 90.2 cm³/mol. The lowest BCUT2D eigenvalue weighted by Gasteiger charge is -2.04. The highest BCUT2D eigenvalue weighted by Gasteiger charge is 2.26. The third-order valence-corrected chi connectivity index (χ3v) is 3.66. The fraction of sp³-hybridized carbons (Fsp3) is 0.188. The summed E-state index contributed by atoms with van der Waals surface area (Å²) in [5, 5.41) is 21.6. The molecule has 0 spiro atoms. The van der Waals surface area contributed by atoms with Crippen LogP contribution in [-0.2, 0) is 13.1 Å². The topological polar surface area (TPSA) is 108 Å². The second kappa shape index (κ2) is 7.13. The van der Waals surface area contributed by atoms with Crippen molar-refractivity contribution in [3.05, 3.63) is 70.0 Å². The summed E-state index contributed by atoms with van der Waals surface area (Å²) in [4.78, 5) is 22.8. The Bertz CT molecular complexity index is 965. The minimum absolute atomic E-state index is 0.129. The van der Waals surface area contributed by atoms with Gasteiger partial charge in [-0.3, -0.25) is 24.3 Å². The number of rotatable bonds is 6. The first-order chi connectivity index (χ1) is 12.5. The molecule has 10 heteroatoms. The molecule has 0 unspecified atom stereocenters. The number of nitro groups is 1. The molecule has 0 bridgehead atoms. The predicted octanol–water partition coefficient (Wildman–Crippen LogP) is 2.45. The standard InChI is InChI=1S/C16H15FN6O3/c1-2-22-15(14(8-19-22)23(25)26)16(24)20-13-7-18-21(10-13)9-11-4-3-5-12(17)6-11/h3-8,10H,2,9H2,1H3,(H,20,24). The zero-order chi connectivity index (χ0) is 18.7. The van der Waals surface area contributed by atoms with Crippen LogP contribution >= 0.6 is 0 Å². The number of hydrogen-bond donors (Lipinski definition) is 1. The van der Waals surface area contributed by atoms with Gasteiger partial charge in [-0.15, -0.1) is 0 Å². The Hall–Kier alpha value is -3.56. The first-order valence-electron chi connectivity index (χ1n) is 7.76. The van der Waals surface area contributed by atoms with E-state index in [1.807, 2.05) is 0 Å². The van der Waals surface area contributed by atoms with Crippen LogP contribution in [0.5, 0.6) is 0 Å². The van der Waals surface area contributed by atoms with Gasteiger partial charge in [0.15, 0.2) is 0 Å². The summed E-state index contributed by atoms with van der Waals surface area (Å²) in [5.41, 5.74) is 0.585. The van der Waals surface area contributed by atoms with E-state index in [-0.39, 0.29) is 17.2 Å². The van der Waals surface area contributed by atoms with E-state index in [1.54, 1.807) is 25.3 Å². The molecule has 1 N–H and O–H groups in total. The van der Waals surface area contributed by atoms with Crippen molar-refractivity contribution >= 4 is 17.3 Å². The summed E-state index contributed by atoms with van der Waals surface area (Å²) >= 11 is 0. The van der Waals surface area contributed by atoms with E-state index in [9.17, 15) is 19.3 Å². The van der Waals surface area contributed by atoms with Crippen LogP contribution < -0.4 is 5.32 Å². The first-order valence-corrected chi connectivity index (χ1v) is 7.76. The molecule has 134 valence electrons. The highest BCUT2D eigenvalue weighted by Crippen LogP contribution is 2.19. The number of nitrogens with one attached hydrogen (secondary N) is 1. The maximum absolute atomic E-state index is 13.2. The van der Waals surface area contributed by atoms with Gasteiger partial charge in [0.1, 0.15) is 12.0 Å². The van der Waals surface area contributed by atoms with Gasteiger partial charge in [0.2, 0.25) is 5.69 Å². The average Bonchev–Trinajstić information content (AvgIpc) is 3.21. The maximum Gasteiger partial charge on any atom is 0.320 e. The number of aromatic nitrogens is 4. The monoisotopic (exact) mass is 358 g/mol. The molecule has 0 saturated carbocycles. The second-order valence-corrected chi connectivity index (χ2v) is 5.46. The second-order valence-electron chi connectivity index (χ2n) is 5.46. The SMILES string of the molecule is CCn1ncc([N+](=O)[O-])c1C(=O)Nc1cnn(Cc2cccc(F)c2)c1. The van der Waals surface area contributed by atoms with E-state index in [2.05, 4.69) is 15.5 Å². The van der Waals surface area contributed by atoms with Gasteiger partial charge in [-0.1, -0.05) is 12.1 Å². The van der Waals surface area contributed by atoms with E-state index < -0.39 is 10.8 Å². The Labute approximate surface area is 147 Å². The molecule has 2 aromatic heterocycles. The van der Waals surface area contributed by atoms with Crippen LogP contribution in [0.4, 0.5) is 15.8 Å². The minimum atomic E-state index is -0.652. The van der Waals surface area contributed by atoms with Crippen LogP contribution in [-0.4, -0.2) is 30.4 Å². The summed E-state index contributed by atoms with van der Waals surface area (Å²) in [6, 6.07) is 6.10. The van der Waals surface area contributed by atoms with Gasteiger partial charge in [-0.05, 0) is 24.6 Å². The molecule has 0 aliphatic heterocycles. The molecule has 1 aromatic carbocycles. The third kappa shape index (κ3) is 3.58. The number of nitrogens with zero attached hydrogens (tertiary/aromatic N) is 5. The fourth-order valence-corrected chi connectivity index (χ4v) is 2.51. The summed E-state index contributed by atoms with van der Waals surface area (Å²) in [6.45, 7) is 2.36. The number of anilines is 1. The molecule has 3 rings (SSSR count). The number of amides is 1. The molecule has 3 aromatic rings. The lowest BCUT2D eigenvalue weighted by molar-refractivity contribution is -0.385. The van der Waals surface area contributed by atoms with Gasteiger partial charge < -0.3 is 5.32 Å². The third-order valence-electron chi connectivity index (χ3n) is 3.66. The van der Waals surface area contributed by atoms with Crippen molar-refractivity contribution in [3.8, 4) is 0 Å². The van der Waals surface area contributed by atoms with E-state index in [4.69, 9.17) is 0 Å². The van der Waals surface area contributed by atoms with Crippen molar-refractivity contribution in [1.82, 2.24) is 19.6 Å². The molecule has 9 nitrogen and oxygen atoms in total. The Morgan fingerprint density at radius 3 is 2.85 bits per heavy atom. The molecular weight excluding hydrogens is 343 g/mol. The van der Waals surface area contributed by atoms with E-state index in [0.29, 0.717) is 24.3 Å². The Morgan fingerprint density at radius 2 is 2.15 bits per heavy atom. The average molecular weight is 358 g/mol. The van der Waals surface area contributed by atoms with Crippen LogP contribution in [0, 0.1) is 15.9 Å². The highest BCUT2D eigenvalue weighted by atomic mass is 19.1. The number of hydrogen-bond acceptors (Lipinski definition) is 5. The molecule has 0 aliphatic carbocycles. The van der Waals surface area contributed by atoms with Gasteiger partial charge in [-0.2, -0.15) is 10.2 Å². The van der Waals surface area contributed by atoms with Gasteiger partial charge >= 0.3 is 5.69 Å². The van der Waals surface area contributed by atoms with Crippen molar-refractivity contribution in [2.24, 2.45) is 0 Å². The molecule has 0 saturated heterocycles. The lowest BCUT2D eigenvalue weighted by Crippen LogP contribution is -2.18. The van der Waals surface area contributed by atoms with Gasteiger partial charge in [0, 0.05) is 12.7 Å². The summed E-state index contributed by atoms with van der Waals surface area (Å²) < 4.78 is 16.0. The summed E-state index contributed by atoms with van der Waals surface area (Å²) in [6.07, 6.45) is 4.02. The van der Waals surface area contributed by atoms with E-state index in [0.717, 1.165) is 6.20 Å². The lowest BCUT2D eigenvalue weighted by atomic mass is 10.2. The molecule has 2 heterocycles. The number of carbonyl (C=O) groups is 1. The van der Waals surface area contributed by atoms with Crippen LogP contribution in [0.2, 0.25) is 0 Å². The number of halogens is 1. The summed E-state index contributed by atoms with van der Waals surface area (Å²) in [5.74, 6) is -0.996. The van der Waals surface area contributed by atoms with Crippen LogP contribution in [0.25, 0.3) is 0 Å². The molecular formula is C16H15FN6O3. The highest BCUT2D eigenvalue weighted by molar-refractivity contribution is 6.05. The minimum Gasteiger partial charge on any atom is -0.318 e. The Balaban J connectivity index is 1.76. The van der Waals surface area contributed by atoms with Crippen molar-refractivity contribution in [3.63, 3.8) is 0 Å². The summed E-state index contributed by atoms with van der Waals surface area (Å²) in [7, 11) is 0. The van der Waals surface area contributed by atoms with Crippen molar-refractivity contribution in [2.45, 2.75) is 20.0 Å². The molecule has 1 amide bonds. The van der Waals surface area contributed by atoms with Crippen LogP contribution in [0.15, 0.2) is 42.9 Å². The van der Waals surface area contributed by atoms with Crippen molar-refractivity contribution in [2.75, 3.05) is 5.32 Å². The Morgan fingerprint density at radius 1 is 1.35 bits per heavy atom. The zero-order valence-electron chi connectivity index (χ0n) is 13.8. The van der Waals surface area contributed by atoms with Crippen LogP contribution in [0.3, 0.4) is 0 Å². The first kappa shape index (κ1) is 17.3. The smallest absolute Gasteiger partial charge is 0.318 e. The van der Waals surface area contributed by atoms with Gasteiger partial charge in [-0.25, -0.2) is 4.39 Å². The number of aryl methyl sites for hydroxylation is 1. The van der Waals surface area contributed by atoms with Crippen molar-refractivity contribution in [1.29, 1.82) is 0 Å². The zero-order valence-corrected chi connectivity index (χ0v) is 13.8. The number of carbonyl (C=O) groups excluding carboxylic acids is 1. The van der Waals surface area contributed by atoms with Gasteiger partial charge in [0.05, 0.1) is 23.4 Å². The fourth-order valence-electron chi connectivity index (χ4n) is 2.51. The largest absolute Gasteiger partial charge is 0.320 e. The normalized spacial score (nSPS) is 10.7. The van der Waals surface area contributed by atoms with E-state index >= 15 is 0 Å². The quantitative estimate of drug-likeness (QED) is 0.538. The molecule has 0 fully saturated rings. The van der Waals surface area contributed by atoms with Crippen LogP contribution in [0.1, 0.15) is 23.0 Å². The Kier molecular flexibility index (Phi) is 4.74. The molecule has 0 aliphatic rings. The van der Waals surface area contributed by atoms with E-state index in [1.165, 1.54) is 27.7 Å². The molecule has 0 radical (unpaired) electrons. The maximum atomic E-state index is 13.2. The van der Waals surface area contributed by atoms with Crippen molar-refractivity contribution < 1.29 is 14.1 Å². The van der Waals surface area contributed by atoms with Gasteiger partial charge in [0.25, 0.3) is 5.91 Å². The molecule has 0 atom stereocenters. The molecule has 26 heavy (non-hydrogen) atoms. The number of benzene rings is 1.